The maximum Gasteiger partial charge on any atom is 0.317 e. The fraction of sp³-hybridized carbons (Fsp3) is 0.643. The quantitative estimate of drug-likeness (QED) is 0.176. The van der Waals surface area contributed by atoms with Crippen molar-refractivity contribution in [2.75, 3.05) is 105 Å². The number of carbonyl (C=O) groups is 4. The summed E-state index contributed by atoms with van der Waals surface area (Å²) in [5.74, 6) is -2.45. The second-order valence-corrected chi connectivity index (χ2v) is 10.1. The molecule has 0 atom stereocenters. The minimum Gasteiger partial charge on any atom is -0.491 e. The number of hydrogen-bond donors (Lipinski definition) is 4. The summed E-state index contributed by atoms with van der Waals surface area (Å²) in [6.07, 6.45) is 0.967. The van der Waals surface area contributed by atoms with E-state index >= 15 is 0 Å². The first-order valence-electron chi connectivity index (χ1n) is 14.3. The van der Waals surface area contributed by atoms with E-state index in [1.54, 1.807) is 14.7 Å². The zero-order valence-electron chi connectivity index (χ0n) is 24.4. The van der Waals surface area contributed by atoms with E-state index < -0.39 is 17.9 Å². The van der Waals surface area contributed by atoms with Crippen LogP contribution in [0.1, 0.15) is 12.5 Å². The zero-order chi connectivity index (χ0) is 30.7. The van der Waals surface area contributed by atoms with E-state index in [4.69, 9.17) is 9.47 Å². The first-order chi connectivity index (χ1) is 20.1. The third-order valence-electron chi connectivity index (χ3n) is 6.77. The van der Waals surface area contributed by atoms with E-state index in [0.29, 0.717) is 78.7 Å². The number of nitrogens with zero attached hydrogens (tertiary/aromatic N) is 4. The number of nitrogens with one attached hydrogen (secondary N) is 1. The van der Waals surface area contributed by atoms with Crippen LogP contribution in [0.4, 0.5) is 0 Å². The summed E-state index contributed by atoms with van der Waals surface area (Å²) >= 11 is 0. The topological polar surface area (TPSA) is 172 Å². The SMILES string of the molecule is CCc1ccc(OCCOCCNC(=O)CN2CCN(CC(=O)O)CCN(CC(=O)O)CCN(CC(=O)O)CC2)cc1. The lowest BCUT2D eigenvalue weighted by Gasteiger charge is -2.32. The molecule has 1 aliphatic heterocycles. The fourth-order valence-corrected chi connectivity index (χ4v) is 4.45. The zero-order valence-corrected chi connectivity index (χ0v) is 24.4. The van der Waals surface area contributed by atoms with Crippen LogP contribution >= 0.6 is 0 Å². The maximum atomic E-state index is 12.7. The first-order valence-corrected chi connectivity index (χ1v) is 14.3. The van der Waals surface area contributed by atoms with Gasteiger partial charge in [0.05, 0.1) is 39.4 Å². The lowest BCUT2D eigenvalue weighted by atomic mass is 10.2. The predicted molar refractivity (Wildman–Crippen MR) is 154 cm³/mol. The molecule has 0 radical (unpaired) electrons. The smallest absolute Gasteiger partial charge is 0.317 e. The molecule has 0 saturated carbocycles. The molecule has 1 fully saturated rings. The molecule has 1 amide bonds. The molecule has 14 nitrogen and oxygen atoms in total. The monoisotopic (exact) mass is 595 g/mol. The third-order valence-corrected chi connectivity index (χ3v) is 6.77. The van der Waals surface area contributed by atoms with Crippen molar-refractivity contribution in [3.63, 3.8) is 0 Å². The van der Waals surface area contributed by atoms with Gasteiger partial charge in [0.15, 0.2) is 0 Å². The molecule has 42 heavy (non-hydrogen) atoms. The molecule has 0 aromatic heterocycles. The van der Waals surface area contributed by atoms with Gasteiger partial charge in [-0.2, -0.15) is 0 Å². The molecule has 1 heterocycles. The number of aryl methyl sites for hydroxylation is 1. The van der Waals surface area contributed by atoms with Crippen LogP contribution < -0.4 is 10.1 Å². The summed E-state index contributed by atoms with van der Waals surface area (Å²) in [4.78, 5) is 53.8. The molecule has 236 valence electrons. The van der Waals surface area contributed by atoms with Crippen molar-refractivity contribution in [2.24, 2.45) is 0 Å². The fourth-order valence-electron chi connectivity index (χ4n) is 4.45. The Kier molecular flexibility index (Phi) is 16.4. The van der Waals surface area contributed by atoms with Crippen molar-refractivity contribution in [2.45, 2.75) is 13.3 Å². The molecule has 0 bridgehead atoms. The van der Waals surface area contributed by atoms with Crippen molar-refractivity contribution in [3.05, 3.63) is 29.8 Å². The van der Waals surface area contributed by atoms with Gasteiger partial charge in [0, 0.05) is 58.9 Å². The molecule has 1 aromatic carbocycles. The number of benzene rings is 1. The Balaban J connectivity index is 1.83. The van der Waals surface area contributed by atoms with Gasteiger partial charge >= 0.3 is 17.9 Å². The van der Waals surface area contributed by atoms with Gasteiger partial charge in [-0.1, -0.05) is 19.1 Å². The van der Waals surface area contributed by atoms with Crippen LogP contribution in [0.2, 0.25) is 0 Å². The summed E-state index contributed by atoms with van der Waals surface area (Å²) in [5, 5.41) is 30.8. The number of aliphatic carboxylic acids is 3. The number of amides is 1. The summed E-state index contributed by atoms with van der Waals surface area (Å²) in [6.45, 7) is 5.64. The van der Waals surface area contributed by atoms with Gasteiger partial charge in [0.1, 0.15) is 12.4 Å². The number of hydrogen-bond acceptors (Lipinski definition) is 10. The minimum absolute atomic E-state index is 0.0594. The van der Waals surface area contributed by atoms with Crippen molar-refractivity contribution in [1.82, 2.24) is 24.9 Å². The van der Waals surface area contributed by atoms with Gasteiger partial charge in [-0.3, -0.25) is 38.8 Å². The highest BCUT2D eigenvalue weighted by Crippen LogP contribution is 2.12. The Morgan fingerprint density at radius 1 is 0.667 bits per heavy atom. The highest BCUT2D eigenvalue weighted by molar-refractivity contribution is 5.78. The molecule has 0 aliphatic carbocycles. The van der Waals surface area contributed by atoms with Gasteiger partial charge in [-0.05, 0) is 24.1 Å². The van der Waals surface area contributed by atoms with Crippen LogP contribution in [0.25, 0.3) is 0 Å². The number of ether oxygens (including phenoxy) is 2. The molecule has 14 heteroatoms. The van der Waals surface area contributed by atoms with Crippen LogP contribution in [0.3, 0.4) is 0 Å². The Labute approximate surface area is 246 Å². The Morgan fingerprint density at radius 3 is 1.50 bits per heavy atom. The van der Waals surface area contributed by atoms with Gasteiger partial charge in [0.25, 0.3) is 0 Å². The van der Waals surface area contributed by atoms with Crippen molar-refractivity contribution in [3.8, 4) is 5.75 Å². The Hall–Kier alpha value is -3.30. The maximum absolute atomic E-state index is 12.7. The molecule has 0 spiro atoms. The molecule has 1 saturated heterocycles. The highest BCUT2D eigenvalue weighted by Gasteiger charge is 2.21. The third kappa shape index (κ3) is 15.6. The molecule has 0 unspecified atom stereocenters. The van der Waals surface area contributed by atoms with Crippen molar-refractivity contribution >= 4 is 23.8 Å². The number of carboxylic acids is 3. The van der Waals surface area contributed by atoms with Gasteiger partial charge in [-0.25, -0.2) is 0 Å². The molecule has 1 aromatic rings. The molecular formula is C28H45N5O9. The van der Waals surface area contributed by atoms with Crippen molar-refractivity contribution in [1.29, 1.82) is 0 Å². The number of carboxylic acid groups (broad SMARTS) is 3. The molecule has 2 rings (SSSR count). The average molecular weight is 596 g/mol. The second kappa shape index (κ2) is 19.8. The minimum atomic E-state index is -1.01. The number of carbonyl (C=O) groups excluding carboxylic acids is 1. The van der Waals surface area contributed by atoms with E-state index in [1.807, 2.05) is 29.2 Å². The molecule has 1 aliphatic rings. The van der Waals surface area contributed by atoms with Crippen LogP contribution in [0.15, 0.2) is 24.3 Å². The molecule has 4 N–H and O–H groups in total. The van der Waals surface area contributed by atoms with Crippen LogP contribution in [-0.4, -0.2) is 164 Å². The lowest BCUT2D eigenvalue weighted by Crippen LogP contribution is -2.50. The van der Waals surface area contributed by atoms with Crippen LogP contribution in [0.5, 0.6) is 5.75 Å². The Morgan fingerprint density at radius 2 is 1.10 bits per heavy atom. The summed E-state index contributed by atoms with van der Waals surface area (Å²) in [7, 11) is 0. The van der Waals surface area contributed by atoms with Crippen LogP contribution in [-0.2, 0) is 30.3 Å². The van der Waals surface area contributed by atoms with Gasteiger partial charge < -0.3 is 30.1 Å². The van der Waals surface area contributed by atoms with Gasteiger partial charge in [-0.15, -0.1) is 0 Å². The highest BCUT2D eigenvalue weighted by atomic mass is 16.5. The molecular weight excluding hydrogens is 550 g/mol. The standard InChI is InChI=1S/C28H45N5O9/c1-2-23-3-5-24(6-4-23)42-18-17-41-16-7-29-25(34)19-30-8-10-31(20-26(35)36)12-14-33(22-28(39)40)15-13-32(11-9-30)21-27(37)38/h3-6H,2,7-22H2,1H3,(H,29,34)(H,35,36)(H,37,38)(H,39,40). The van der Waals surface area contributed by atoms with E-state index in [1.165, 1.54) is 5.56 Å². The van der Waals surface area contributed by atoms with E-state index in [0.717, 1.165) is 12.2 Å². The first kappa shape index (κ1) is 34.9. The number of rotatable bonds is 16. The summed E-state index contributed by atoms with van der Waals surface area (Å²) in [6, 6.07) is 7.89. The lowest BCUT2D eigenvalue weighted by molar-refractivity contribution is -0.140. The van der Waals surface area contributed by atoms with Gasteiger partial charge in [0.2, 0.25) is 5.91 Å². The van der Waals surface area contributed by atoms with E-state index in [9.17, 15) is 34.5 Å². The predicted octanol–water partition coefficient (Wildman–Crippen LogP) is -0.764. The van der Waals surface area contributed by atoms with E-state index in [2.05, 4.69) is 12.2 Å². The van der Waals surface area contributed by atoms with Crippen molar-refractivity contribution < 1.29 is 44.0 Å². The summed E-state index contributed by atoms with van der Waals surface area (Å²) < 4.78 is 11.2. The average Bonchev–Trinajstić information content (AvgIpc) is 2.93. The second-order valence-electron chi connectivity index (χ2n) is 10.1. The van der Waals surface area contributed by atoms with E-state index in [-0.39, 0.29) is 32.1 Å². The largest absolute Gasteiger partial charge is 0.491 e. The Bertz CT molecular complexity index is 947. The summed E-state index contributed by atoms with van der Waals surface area (Å²) in [5.41, 5.74) is 1.24. The van der Waals surface area contributed by atoms with Crippen LogP contribution in [0, 0.1) is 0 Å². The normalized spacial score (nSPS) is 16.7.